The van der Waals surface area contributed by atoms with Gasteiger partial charge in [0.15, 0.2) is 0 Å². The van der Waals surface area contributed by atoms with Gasteiger partial charge in [0.2, 0.25) is 0 Å². The molecule has 18 heavy (non-hydrogen) atoms. The Bertz CT molecular complexity index is 405. The number of carbonyl (C=O) groups is 1. The van der Waals surface area contributed by atoms with E-state index < -0.39 is 17.6 Å². The Morgan fingerprint density at radius 2 is 1.89 bits per heavy atom. The minimum absolute atomic E-state index is 0.338. The van der Waals surface area contributed by atoms with Crippen LogP contribution in [0.1, 0.15) is 22.3 Å². The molecule has 0 aliphatic carbocycles. The second-order valence-corrected chi connectivity index (χ2v) is 3.76. The van der Waals surface area contributed by atoms with Crippen molar-refractivity contribution < 1.29 is 18.0 Å². The van der Waals surface area contributed by atoms with Crippen molar-refractivity contribution in [3.8, 4) is 0 Å². The Balaban J connectivity index is 2.74. The van der Waals surface area contributed by atoms with Crippen LogP contribution in [0.3, 0.4) is 0 Å². The molecule has 0 fully saturated rings. The third-order valence-corrected chi connectivity index (χ3v) is 2.37. The number of alkyl halides is 3. The number of carbonyl (C=O) groups excluding carboxylic acids is 1. The first-order valence-electron chi connectivity index (χ1n) is 5.56. The Morgan fingerprint density at radius 1 is 1.22 bits per heavy atom. The fraction of sp³-hybridized carbons (Fsp3) is 0.417. The highest BCUT2D eigenvalue weighted by Crippen LogP contribution is 2.31. The van der Waals surface area contributed by atoms with Crippen molar-refractivity contribution in [2.45, 2.75) is 12.6 Å². The average molecular weight is 260 g/mol. The summed E-state index contributed by atoms with van der Waals surface area (Å²) in [6, 6.07) is 4.76. The summed E-state index contributed by atoms with van der Waals surface area (Å²) < 4.78 is 38.0. The molecular formula is C12H15F3N2O. The zero-order valence-corrected chi connectivity index (χ0v) is 9.97. The highest BCUT2D eigenvalue weighted by atomic mass is 19.4. The van der Waals surface area contributed by atoms with E-state index in [4.69, 9.17) is 0 Å². The maximum Gasteiger partial charge on any atom is 0.417 e. The Morgan fingerprint density at radius 3 is 2.50 bits per heavy atom. The maximum atomic E-state index is 12.7. The van der Waals surface area contributed by atoms with E-state index in [0.29, 0.717) is 19.5 Å². The lowest BCUT2D eigenvalue weighted by atomic mass is 10.1. The molecule has 100 valence electrons. The van der Waals surface area contributed by atoms with Crippen LogP contribution < -0.4 is 10.6 Å². The quantitative estimate of drug-likeness (QED) is 0.795. The third-order valence-electron chi connectivity index (χ3n) is 2.37. The molecule has 0 unspecified atom stereocenters. The Hall–Kier alpha value is -1.56. The van der Waals surface area contributed by atoms with Crippen molar-refractivity contribution in [2.75, 3.05) is 20.1 Å². The molecule has 2 N–H and O–H groups in total. The van der Waals surface area contributed by atoms with Crippen molar-refractivity contribution in [3.63, 3.8) is 0 Å². The summed E-state index contributed by atoms with van der Waals surface area (Å²) in [5.74, 6) is -0.695. The Kier molecular flexibility index (Phi) is 5.15. The monoisotopic (exact) mass is 260 g/mol. The largest absolute Gasteiger partial charge is 0.417 e. The second kappa shape index (κ2) is 6.39. The summed E-state index contributed by atoms with van der Waals surface area (Å²) in [7, 11) is 1.76. The highest BCUT2D eigenvalue weighted by Gasteiger charge is 2.34. The molecule has 0 heterocycles. The van der Waals surface area contributed by atoms with E-state index in [9.17, 15) is 18.0 Å². The SMILES string of the molecule is CNCCCNC(=O)c1ccccc1C(F)(F)F. The number of amides is 1. The van der Waals surface area contributed by atoms with Crippen LogP contribution in [0.2, 0.25) is 0 Å². The molecule has 0 aliphatic heterocycles. The van der Waals surface area contributed by atoms with E-state index in [1.807, 2.05) is 0 Å². The predicted molar refractivity (Wildman–Crippen MR) is 62.3 cm³/mol. The molecule has 0 radical (unpaired) electrons. The topological polar surface area (TPSA) is 41.1 Å². The van der Waals surface area contributed by atoms with Crippen LogP contribution in [0, 0.1) is 0 Å². The molecule has 0 saturated heterocycles. The van der Waals surface area contributed by atoms with Gasteiger partial charge in [0.05, 0.1) is 11.1 Å². The fourth-order valence-electron chi connectivity index (χ4n) is 1.49. The van der Waals surface area contributed by atoms with Gasteiger partial charge in [-0.1, -0.05) is 12.1 Å². The van der Waals surface area contributed by atoms with Crippen molar-refractivity contribution in [2.24, 2.45) is 0 Å². The lowest BCUT2D eigenvalue weighted by Gasteiger charge is -2.12. The van der Waals surface area contributed by atoms with Crippen LogP contribution in [0.15, 0.2) is 24.3 Å². The minimum Gasteiger partial charge on any atom is -0.352 e. The van der Waals surface area contributed by atoms with Crippen LogP contribution in [-0.4, -0.2) is 26.0 Å². The lowest BCUT2D eigenvalue weighted by Crippen LogP contribution is -2.28. The van der Waals surface area contributed by atoms with Gasteiger partial charge in [-0.15, -0.1) is 0 Å². The van der Waals surface area contributed by atoms with E-state index in [1.165, 1.54) is 18.2 Å². The molecule has 0 aromatic heterocycles. The number of hydrogen-bond acceptors (Lipinski definition) is 2. The van der Waals surface area contributed by atoms with E-state index >= 15 is 0 Å². The van der Waals surface area contributed by atoms with Gasteiger partial charge >= 0.3 is 6.18 Å². The number of hydrogen-bond donors (Lipinski definition) is 2. The number of benzene rings is 1. The van der Waals surface area contributed by atoms with Crippen LogP contribution in [0.4, 0.5) is 13.2 Å². The van der Waals surface area contributed by atoms with Gasteiger partial charge in [-0.05, 0) is 32.1 Å². The minimum atomic E-state index is -4.51. The van der Waals surface area contributed by atoms with Gasteiger partial charge in [0.1, 0.15) is 0 Å². The first kappa shape index (κ1) is 14.5. The van der Waals surface area contributed by atoms with Crippen molar-refractivity contribution >= 4 is 5.91 Å². The molecule has 0 aliphatic rings. The van der Waals surface area contributed by atoms with Crippen molar-refractivity contribution in [1.82, 2.24) is 10.6 Å². The molecular weight excluding hydrogens is 245 g/mol. The van der Waals surface area contributed by atoms with Gasteiger partial charge in [-0.2, -0.15) is 13.2 Å². The van der Waals surface area contributed by atoms with Crippen molar-refractivity contribution in [1.29, 1.82) is 0 Å². The first-order valence-corrected chi connectivity index (χ1v) is 5.56. The summed E-state index contributed by atoms with van der Waals surface area (Å²) in [5.41, 5.74) is -1.24. The average Bonchev–Trinajstić information content (AvgIpc) is 2.33. The van der Waals surface area contributed by atoms with Crippen molar-refractivity contribution in [3.05, 3.63) is 35.4 Å². The van der Waals surface area contributed by atoms with E-state index in [0.717, 1.165) is 6.07 Å². The van der Waals surface area contributed by atoms with Gasteiger partial charge in [0, 0.05) is 6.54 Å². The van der Waals surface area contributed by atoms with Gasteiger partial charge in [0.25, 0.3) is 5.91 Å². The molecule has 3 nitrogen and oxygen atoms in total. The molecule has 1 rings (SSSR count). The first-order chi connectivity index (χ1) is 8.46. The molecule has 0 atom stereocenters. The van der Waals surface area contributed by atoms with Crippen LogP contribution in [0.5, 0.6) is 0 Å². The molecule has 1 aromatic carbocycles. The summed E-state index contributed by atoms with van der Waals surface area (Å²) in [6.45, 7) is 1.03. The predicted octanol–water partition coefficient (Wildman–Crippen LogP) is 2.04. The number of rotatable bonds is 5. The number of nitrogens with one attached hydrogen (secondary N) is 2. The fourth-order valence-corrected chi connectivity index (χ4v) is 1.49. The molecule has 0 bridgehead atoms. The van der Waals surface area contributed by atoms with Crippen LogP contribution in [-0.2, 0) is 6.18 Å². The molecule has 0 spiro atoms. The lowest BCUT2D eigenvalue weighted by molar-refractivity contribution is -0.137. The third kappa shape index (κ3) is 4.03. The summed E-state index contributed by atoms with van der Waals surface area (Å²) in [5, 5.41) is 5.35. The summed E-state index contributed by atoms with van der Waals surface area (Å²) in [4.78, 5) is 11.6. The van der Waals surface area contributed by atoms with E-state index in [2.05, 4.69) is 10.6 Å². The van der Waals surface area contributed by atoms with Crippen LogP contribution >= 0.6 is 0 Å². The summed E-state index contributed by atoms with van der Waals surface area (Å²) in [6.07, 6.45) is -3.85. The van der Waals surface area contributed by atoms with Gasteiger partial charge in [-0.25, -0.2) is 0 Å². The zero-order chi connectivity index (χ0) is 13.6. The molecule has 0 saturated carbocycles. The molecule has 1 amide bonds. The molecule has 6 heteroatoms. The Labute approximate surface area is 103 Å². The van der Waals surface area contributed by atoms with E-state index in [-0.39, 0.29) is 5.56 Å². The summed E-state index contributed by atoms with van der Waals surface area (Å²) >= 11 is 0. The van der Waals surface area contributed by atoms with Crippen LogP contribution in [0.25, 0.3) is 0 Å². The van der Waals surface area contributed by atoms with E-state index in [1.54, 1.807) is 7.05 Å². The number of halogens is 3. The standard InChI is InChI=1S/C12H15F3N2O/c1-16-7-4-8-17-11(18)9-5-2-3-6-10(9)12(13,14)15/h2-3,5-6,16H,4,7-8H2,1H3,(H,17,18). The van der Waals surface area contributed by atoms with Gasteiger partial charge < -0.3 is 10.6 Å². The normalized spacial score (nSPS) is 11.3. The second-order valence-electron chi connectivity index (χ2n) is 3.76. The maximum absolute atomic E-state index is 12.7. The highest BCUT2D eigenvalue weighted by molar-refractivity contribution is 5.95. The molecule has 1 aromatic rings. The van der Waals surface area contributed by atoms with Gasteiger partial charge in [-0.3, -0.25) is 4.79 Å². The zero-order valence-electron chi connectivity index (χ0n) is 9.97. The smallest absolute Gasteiger partial charge is 0.352 e.